The minimum Gasteiger partial charge on any atom is -0.481 e. The van der Waals surface area contributed by atoms with E-state index in [2.05, 4.69) is 10.6 Å². The third kappa shape index (κ3) is 5.24. The van der Waals surface area contributed by atoms with Crippen molar-refractivity contribution in [3.8, 4) is 0 Å². The van der Waals surface area contributed by atoms with E-state index in [9.17, 15) is 9.59 Å². The van der Waals surface area contributed by atoms with Gasteiger partial charge in [-0.2, -0.15) is 0 Å². The molecule has 0 aromatic carbocycles. The fourth-order valence-corrected chi connectivity index (χ4v) is 1.20. The van der Waals surface area contributed by atoms with Crippen LogP contribution in [-0.2, 0) is 4.79 Å². The van der Waals surface area contributed by atoms with Gasteiger partial charge in [0.2, 0.25) is 0 Å². The number of hydrogen-bond acceptors (Lipinski definition) is 2. The molecule has 5 nitrogen and oxygen atoms in total. The van der Waals surface area contributed by atoms with Gasteiger partial charge in [0.05, 0.1) is 5.92 Å². The summed E-state index contributed by atoms with van der Waals surface area (Å²) in [6.45, 7) is 2.21. The zero-order valence-corrected chi connectivity index (χ0v) is 8.95. The Morgan fingerprint density at radius 3 is 2.67 bits per heavy atom. The average molecular weight is 214 g/mol. The van der Waals surface area contributed by atoms with E-state index >= 15 is 0 Å². The van der Waals surface area contributed by atoms with Crippen LogP contribution in [0, 0.1) is 5.92 Å². The Morgan fingerprint density at radius 1 is 1.47 bits per heavy atom. The van der Waals surface area contributed by atoms with E-state index in [0.29, 0.717) is 25.4 Å². The van der Waals surface area contributed by atoms with E-state index < -0.39 is 5.97 Å². The van der Waals surface area contributed by atoms with E-state index in [4.69, 9.17) is 5.11 Å². The smallest absolute Gasteiger partial charge is 0.315 e. The molecular weight excluding hydrogens is 196 g/mol. The first-order chi connectivity index (χ1) is 7.09. The molecule has 5 heteroatoms. The van der Waals surface area contributed by atoms with Gasteiger partial charge in [-0.3, -0.25) is 4.79 Å². The second kappa shape index (κ2) is 5.58. The fourth-order valence-electron chi connectivity index (χ4n) is 1.20. The van der Waals surface area contributed by atoms with Crippen molar-refractivity contribution in [1.29, 1.82) is 0 Å². The summed E-state index contributed by atoms with van der Waals surface area (Å²) in [5.41, 5.74) is 0. The number of carboxylic acid groups (broad SMARTS) is 1. The molecule has 0 radical (unpaired) electrons. The highest BCUT2D eigenvalue weighted by Gasteiger charge is 2.22. The van der Waals surface area contributed by atoms with Crippen LogP contribution in [-0.4, -0.2) is 29.7 Å². The quantitative estimate of drug-likeness (QED) is 0.576. The molecule has 0 aliphatic heterocycles. The summed E-state index contributed by atoms with van der Waals surface area (Å²) in [5, 5.41) is 14.1. The van der Waals surface area contributed by atoms with Gasteiger partial charge in [-0.1, -0.05) is 6.92 Å². The summed E-state index contributed by atoms with van der Waals surface area (Å²) in [6, 6.07) is 0.225. The Hall–Kier alpha value is -1.26. The van der Waals surface area contributed by atoms with Crippen molar-refractivity contribution in [3.63, 3.8) is 0 Å². The summed E-state index contributed by atoms with van der Waals surface area (Å²) in [5.74, 6) is -1.12. The van der Waals surface area contributed by atoms with Crippen LogP contribution < -0.4 is 10.6 Å². The van der Waals surface area contributed by atoms with Crippen molar-refractivity contribution in [2.45, 2.75) is 38.6 Å². The molecule has 1 rings (SSSR count). The number of nitrogens with one attached hydrogen (secondary N) is 2. The molecule has 0 heterocycles. The summed E-state index contributed by atoms with van der Waals surface area (Å²) in [7, 11) is 0. The van der Waals surface area contributed by atoms with Crippen molar-refractivity contribution >= 4 is 12.0 Å². The Bertz CT molecular complexity index is 239. The first-order valence-electron chi connectivity index (χ1n) is 5.36. The molecule has 1 saturated carbocycles. The molecular formula is C10H18N2O3. The predicted octanol–water partition coefficient (Wildman–Crippen LogP) is 0.949. The molecule has 0 saturated heterocycles. The molecule has 2 amide bonds. The van der Waals surface area contributed by atoms with Gasteiger partial charge in [0, 0.05) is 12.6 Å². The lowest BCUT2D eigenvalue weighted by Gasteiger charge is -2.08. The molecule has 0 aromatic rings. The Kier molecular flexibility index (Phi) is 4.39. The highest BCUT2D eigenvalue weighted by Crippen LogP contribution is 2.18. The standard InChI is InChI=1S/C10H18N2O3/c1-7(9(13)14)3-2-6-11-10(15)12-8-4-5-8/h7-8H,2-6H2,1H3,(H,13,14)(H2,11,12,15). The lowest BCUT2D eigenvalue weighted by Crippen LogP contribution is -2.37. The van der Waals surface area contributed by atoms with Crippen LogP contribution in [0.3, 0.4) is 0 Å². The number of carboxylic acids is 1. The molecule has 0 bridgehead atoms. The van der Waals surface area contributed by atoms with Crippen molar-refractivity contribution < 1.29 is 14.7 Å². The van der Waals surface area contributed by atoms with Crippen LogP contribution in [0.2, 0.25) is 0 Å². The first-order valence-corrected chi connectivity index (χ1v) is 5.36. The van der Waals surface area contributed by atoms with E-state index in [-0.39, 0.29) is 11.9 Å². The lowest BCUT2D eigenvalue weighted by atomic mass is 10.1. The zero-order chi connectivity index (χ0) is 11.3. The van der Waals surface area contributed by atoms with Gasteiger partial charge in [-0.25, -0.2) is 4.79 Å². The number of carbonyl (C=O) groups excluding carboxylic acids is 1. The largest absolute Gasteiger partial charge is 0.481 e. The Labute approximate surface area is 89.2 Å². The fraction of sp³-hybridized carbons (Fsp3) is 0.800. The number of carbonyl (C=O) groups is 2. The van der Waals surface area contributed by atoms with Crippen molar-refractivity contribution in [3.05, 3.63) is 0 Å². The maximum Gasteiger partial charge on any atom is 0.315 e. The summed E-state index contributed by atoms with van der Waals surface area (Å²) >= 11 is 0. The third-order valence-electron chi connectivity index (χ3n) is 2.43. The van der Waals surface area contributed by atoms with Gasteiger partial charge < -0.3 is 15.7 Å². The summed E-state index contributed by atoms with van der Waals surface area (Å²) < 4.78 is 0. The molecule has 3 N–H and O–H groups in total. The van der Waals surface area contributed by atoms with Gasteiger partial charge in [0.25, 0.3) is 0 Å². The van der Waals surface area contributed by atoms with E-state index in [1.54, 1.807) is 6.92 Å². The average Bonchev–Trinajstić information content (AvgIpc) is 2.95. The van der Waals surface area contributed by atoms with Crippen LogP contribution >= 0.6 is 0 Å². The highest BCUT2D eigenvalue weighted by molar-refractivity contribution is 5.74. The maximum absolute atomic E-state index is 11.1. The number of urea groups is 1. The van der Waals surface area contributed by atoms with Crippen LogP contribution in [0.5, 0.6) is 0 Å². The number of rotatable bonds is 6. The molecule has 1 atom stereocenters. The molecule has 1 unspecified atom stereocenters. The van der Waals surface area contributed by atoms with Crippen LogP contribution in [0.25, 0.3) is 0 Å². The Balaban J connectivity index is 1.95. The van der Waals surface area contributed by atoms with E-state index in [0.717, 1.165) is 12.8 Å². The topological polar surface area (TPSA) is 78.4 Å². The van der Waals surface area contributed by atoms with E-state index in [1.807, 2.05) is 0 Å². The third-order valence-corrected chi connectivity index (χ3v) is 2.43. The van der Waals surface area contributed by atoms with Crippen molar-refractivity contribution in [2.24, 2.45) is 5.92 Å². The number of aliphatic carboxylic acids is 1. The van der Waals surface area contributed by atoms with Crippen LogP contribution in [0.4, 0.5) is 4.79 Å². The molecule has 1 aliphatic rings. The second-order valence-corrected chi connectivity index (χ2v) is 4.06. The van der Waals surface area contributed by atoms with Gasteiger partial charge in [0.1, 0.15) is 0 Å². The summed E-state index contributed by atoms with van der Waals surface area (Å²) in [4.78, 5) is 21.6. The molecule has 15 heavy (non-hydrogen) atoms. The van der Waals surface area contributed by atoms with Gasteiger partial charge in [0.15, 0.2) is 0 Å². The summed E-state index contributed by atoms with van der Waals surface area (Å²) in [6.07, 6.45) is 3.44. The van der Waals surface area contributed by atoms with Crippen molar-refractivity contribution in [1.82, 2.24) is 10.6 Å². The number of amides is 2. The normalized spacial score (nSPS) is 16.9. The monoisotopic (exact) mass is 214 g/mol. The van der Waals surface area contributed by atoms with Crippen LogP contribution in [0.1, 0.15) is 32.6 Å². The SMILES string of the molecule is CC(CCCNC(=O)NC1CC1)C(=O)O. The second-order valence-electron chi connectivity index (χ2n) is 4.06. The highest BCUT2D eigenvalue weighted by atomic mass is 16.4. The maximum atomic E-state index is 11.1. The molecule has 0 aromatic heterocycles. The minimum atomic E-state index is -0.780. The Morgan fingerprint density at radius 2 is 2.13 bits per heavy atom. The predicted molar refractivity (Wildman–Crippen MR) is 55.6 cm³/mol. The molecule has 0 spiro atoms. The zero-order valence-electron chi connectivity index (χ0n) is 8.95. The first kappa shape index (κ1) is 11.8. The number of hydrogen-bond donors (Lipinski definition) is 3. The van der Waals surface area contributed by atoms with Crippen LogP contribution in [0.15, 0.2) is 0 Å². The minimum absolute atomic E-state index is 0.138. The molecule has 1 fully saturated rings. The molecule has 86 valence electrons. The van der Waals surface area contributed by atoms with E-state index in [1.165, 1.54) is 0 Å². The lowest BCUT2D eigenvalue weighted by molar-refractivity contribution is -0.141. The van der Waals surface area contributed by atoms with Gasteiger partial charge in [-0.15, -0.1) is 0 Å². The van der Waals surface area contributed by atoms with Gasteiger partial charge >= 0.3 is 12.0 Å². The van der Waals surface area contributed by atoms with Crippen molar-refractivity contribution in [2.75, 3.05) is 6.54 Å². The molecule has 1 aliphatic carbocycles. The van der Waals surface area contributed by atoms with Gasteiger partial charge in [-0.05, 0) is 25.7 Å².